The minimum absolute atomic E-state index is 0.428. The first-order valence-electron chi connectivity index (χ1n) is 6.13. The zero-order valence-corrected chi connectivity index (χ0v) is 9.65. The molecular formula is C15H19N. The summed E-state index contributed by atoms with van der Waals surface area (Å²) in [4.78, 5) is 0. The van der Waals surface area contributed by atoms with Crippen LogP contribution in [0.25, 0.3) is 0 Å². The van der Waals surface area contributed by atoms with E-state index in [1.165, 1.54) is 31.2 Å². The molecule has 1 saturated carbocycles. The number of hydrogen-bond acceptors (Lipinski definition) is 1. The molecule has 0 saturated heterocycles. The molecule has 1 aromatic rings. The topological polar surface area (TPSA) is 12.0 Å². The molecule has 0 unspecified atom stereocenters. The molecule has 1 heteroatoms. The summed E-state index contributed by atoms with van der Waals surface area (Å²) < 4.78 is 0. The maximum absolute atomic E-state index is 5.57. The summed E-state index contributed by atoms with van der Waals surface area (Å²) >= 11 is 0. The second kappa shape index (κ2) is 5.72. The van der Waals surface area contributed by atoms with Gasteiger partial charge in [-0.05, 0) is 18.4 Å². The Labute approximate surface area is 98.3 Å². The molecule has 1 aliphatic carbocycles. The zero-order chi connectivity index (χ0) is 11.2. The van der Waals surface area contributed by atoms with Gasteiger partial charge in [0.05, 0.1) is 0 Å². The van der Waals surface area contributed by atoms with Gasteiger partial charge in [-0.2, -0.15) is 0 Å². The molecule has 1 N–H and O–H groups in total. The van der Waals surface area contributed by atoms with Gasteiger partial charge >= 0.3 is 0 Å². The molecule has 0 radical (unpaired) electrons. The van der Waals surface area contributed by atoms with Gasteiger partial charge in [0.1, 0.15) is 0 Å². The molecule has 1 fully saturated rings. The van der Waals surface area contributed by atoms with Crippen LogP contribution in [0.1, 0.15) is 31.2 Å². The van der Waals surface area contributed by atoms with Crippen LogP contribution in [0, 0.1) is 18.3 Å². The Morgan fingerprint density at radius 2 is 1.94 bits per heavy atom. The van der Waals surface area contributed by atoms with Crippen molar-refractivity contribution in [2.75, 3.05) is 0 Å². The number of rotatable bonds is 3. The van der Waals surface area contributed by atoms with Crippen LogP contribution in [0.15, 0.2) is 30.3 Å². The molecule has 2 atom stereocenters. The second-order valence-electron chi connectivity index (χ2n) is 4.53. The Hall–Kier alpha value is -1.26. The third kappa shape index (κ3) is 2.87. The van der Waals surface area contributed by atoms with Gasteiger partial charge in [-0.1, -0.05) is 43.2 Å². The molecule has 0 aromatic heterocycles. The van der Waals surface area contributed by atoms with Gasteiger partial charge in [0.25, 0.3) is 0 Å². The van der Waals surface area contributed by atoms with E-state index in [0.717, 1.165) is 6.54 Å². The van der Waals surface area contributed by atoms with E-state index in [9.17, 15) is 0 Å². The van der Waals surface area contributed by atoms with Crippen LogP contribution in [0.4, 0.5) is 0 Å². The SMILES string of the molecule is C#C[C@@H]1CCCC[C@@H]1NCc1ccccc1. The third-order valence-corrected chi connectivity index (χ3v) is 3.39. The largest absolute Gasteiger partial charge is 0.309 e. The summed E-state index contributed by atoms with van der Waals surface area (Å²) in [5.74, 6) is 3.36. The number of terminal acetylenes is 1. The second-order valence-corrected chi connectivity index (χ2v) is 4.53. The normalized spacial score (nSPS) is 24.9. The minimum atomic E-state index is 0.428. The van der Waals surface area contributed by atoms with E-state index in [-0.39, 0.29) is 0 Å². The van der Waals surface area contributed by atoms with Crippen LogP contribution in [0.3, 0.4) is 0 Å². The van der Waals surface area contributed by atoms with Crippen LogP contribution in [-0.4, -0.2) is 6.04 Å². The summed E-state index contributed by atoms with van der Waals surface area (Å²) in [5, 5.41) is 3.60. The van der Waals surface area contributed by atoms with Crippen LogP contribution in [0.2, 0.25) is 0 Å². The van der Waals surface area contributed by atoms with Crippen LogP contribution < -0.4 is 5.32 Å². The Bertz CT molecular complexity index is 349. The molecule has 0 bridgehead atoms. The van der Waals surface area contributed by atoms with Crippen molar-refractivity contribution >= 4 is 0 Å². The van der Waals surface area contributed by atoms with Crippen molar-refractivity contribution in [2.45, 2.75) is 38.3 Å². The fourth-order valence-corrected chi connectivity index (χ4v) is 2.42. The van der Waals surface area contributed by atoms with Gasteiger partial charge in [-0.3, -0.25) is 0 Å². The molecule has 2 rings (SSSR count). The predicted molar refractivity (Wildman–Crippen MR) is 67.9 cm³/mol. The summed E-state index contributed by atoms with van der Waals surface area (Å²) in [6, 6.07) is 11.0. The lowest BCUT2D eigenvalue weighted by Crippen LogP contribution is -2.37. The Morgan fingerprint density at radius 3 is 2.69 bits per heavy atom. The van der Waals surface area contributed by atoms with Crippen LogP contribution >= 0.6 is 0 Å². The van der Waals surface area contributed by atoms with E-state index >= 15 is 0 Å². The van der Waals surface area contributed by atoms with Crippen molar-refractivity contribution in [3.05, 3.63) is 35.9 Å². The Kier molecular flexibility index (Phi) is 4.02. The van der Waals surface area contributed by atoms with E-state index in [1.807, 2.05) is 6.07 Å². The van der Waals surface area contributed by atoms with Crippen LogP contribution in [-0.2, 0) is 6.54 Å². The lowest BCUT2D eigenvalue weighted by atomic mass is 9.85. The molecule has 1 aromatic carbocycles. The summed E-state index contributed by atoms with van der Waals surface area (Å²) in [6.45, 7) is 0.934. The van der Waals surface area contributed by atoms with Gasteiger partial charge in [-0.15, -0.1) is 12.3 Å². The van der Waals surface area contributed by atoms with Crippen molar-refractivity contribution in [3.63, 3.8) is 0 Å². The quantitative estimate of drug-likeness (QED) is 0.761. The van der Waals surface area contributed by atoms with Crippen molar-refractivity contribution < 1.29 is 0 Å². The predicted octanol–water partition coefficient (Wildman–Crippen LogP) is 2.97. The highest BCUT2D eigenvalue weighted by molar-refractivity contribution is 5.14. The molecular weight excluding hydrogens is 194 g/mol. The van der Waals surface area contributed by atoms with Crippen molar-refractivity contribution in [1.29, 1.82) is 0 Å². The smallest absolute Gasteiger partial charge is 0.0353 e. The van der Waals surface area contributed by atoms with Gasteiger partial charge in [-0.25, -0.2) is 0 Å². The zero-order valence-electron chi connectivity index (χ0n) is 9.65. The molecule has 0 heterocycles. The molecule has 1 aliphatic rings. The third-order valence-electron chi connectivity index (χ3n) is 3.39. The van der Waals surface area contributed by atoms with E-state index in [0.29, 0.717) is 12.0 Å². The summed E-state index contributed by atoms with van der Waals surface area (Å²) in [5.41, 5.74) is 1.34. The molecule has 1 nitrogen and oxygen atoms in total. The molecule has 16 heavy (non-hydrogen) atoms. The number of nitrogens with one attached hydrogen (secondary N) is 1. The van der Waals surface area contributed by atoms with Gasteiger partial charge in [0.15, 0.2) is 0 Å². The molecule has 0 aliphatic heterocycles. The molecule has 0 spiro atoms. The fraction of sp³-hybridized carbons (Fsp3) is 0.467. The first-order chi connectivity index (χ1) is 7.90. The van der Waals surface area contributed by atoms with Gasteiger partial charge in [0, 0.05) is 18.5 Å². The van der Waals surface area contributed by atoms with Crippen molar-refractivity contribution in [1.82, 2.24) is 5.32 Å². The summed E-state index contributed by atoms with van der Waals surface area (Å²) in [6.07, 6.45) is 10.6. The van der Waals surface area contributed by atoms with Crippen molar-refractivity contribution in [3.8, 4) is 12.3 Å². The van der Waals surface area contributed by atoms with E-state index in [1.54, 1.807) is 0 Å². The average molecular weight is 213 g/mol. The van der Waals surface area contributed by atoms with E-state index in [2.05, 4.69) is 35.5 Å². The molecule has 84 valence electrons. The monoisotopic (exact) mass is 213 g/mol. The van der Waals surface area contributed by atoms with Gasteiger partial charge in [0.2, 0.25) is 0 Å². The number of benzene rings is 1. The lowest BCUT2D eigenvalue weighted by Gasteiger charge is -2.28. The van der Waals surface area contributed by atoms with Crippen LogP contribution in [0.5, 0.6) is 0 Å². The molecule has 0 amide bonds. The minimum Gasteiger partial charge on any atom is -0.309 e. The highest BCUT2D eigenvalue weighted by atomic mass is 14.9. The fourth-order valence-electron chi connectivity index (χ4n) is 2.42. The maximum atomic E-state index is 5.57. The van der Waals surface area contributed by atoms with E-state index in [4.69, 9.17) is 6.42 Å². The Balaban J connectivity index is 1.87. The average Bonchev–Trinajstić information content (AvgIpc) is 2.38. The highest BCUT2D eigenvalue weighted by Gasteiger charge is 2.22. The first-order valence-corrected chi connectivity index (χ1v) is 6.13. The Morgan fingerprint density at radius 1 is 1.19 bits per heavy atom. The first kappa shape index (κ1) is 11.2. The maximum Gasteiger partial charge on any atom is 0.0353 e. The van der Waals surface area contributed by atoms with E-state index < -0.39 is 0 Å². The number of hydrogen-bond donors (Lipinski definition) is 1. The lowest BCUT2D eigenvalue weighted by molar-refractivity contribution is 0.313. The van der Waals surface area contributed by atoms with Crippen molar-refractivity contribution in [2.24, 2.45) is 5.92 Å². The van der Waals surface area contributed by atoms with Gasteiger partial charge < -0.3 is 5.32 Å². The highest BCUT2D eigenvalue weighted by Crippen LogP contribution is 2.23. The standard InChI is InChI=1S/C15H19N/c1-2-14-10-6-7-11-15(14)16-12-13-8-4-3-5-9-13/h1,3-5,8-9,14-16H,6-7,10-12H2/t14-,15+/m1/s1. The summed E-state index contributed by atoms with van der Waals surface area (Å²) in [7, 11) is 0.